The van der Waals surface area contributed by atoms with Crippen LogP contribution in [0.5, 0.6) is 5.75 Å². The molecule has 3 aromatic rings. The highest BCUT2D eigenvalue weighted by molar-refractivity contribution is 7.18. The number of carbonyl (C=O) groups is 1. The number of aromatic nitrogens is 1. The van der Waals surface area contributed by atoms with E-state index in [1.165, 1.54) is 10.3 Å². The van der Waals surface area contributed by atoms with Crippen molar-refractivity contribution >= 4 is 27.5 Å². The van der Waals surface area contributed by atoms with Crippen molar-refractivity contribution in [3.05, 3.63) is 59.1 Å². The molecule has 140 valence electrons. The molecule has 4 nitrogen and oxygen atoms in total. The molecule has 1 unspecified atom stereocenters. The molecule has 1 saturated heterocycles. The van der Waals surface area contributed by atoms with E-state index in [0.717, 1.165) is 48.6 Å². The lowest BCUT2D eigenvalue weighted by Crippen LogP contribution is -2.41. The van der Waals surface area contributed by atoms with E-state index in [-0.39, 0.29) is 12.5 Å². The Morgan fingerprint density at radius 1 is 1.22 bits per heavy atom. The highest BCUT2D eigenvalue weighted by Gasteiger charge is 2.27. The van der Waals surface area contributed by atoms with Gasteiger partial charge in [0.2, 0.25) is 0 Å². The summed E-state index contributed by atoms with van der Waals surface area (Å²) in [5.41, 5.74) is 2.32. The predicted molar refractivity (Wildman–Crippen MR) is 109 cm³/mol. The van der Waals surface area contributed by atoms with Crippen LogP contribution >= 0.6 is 11.3 Å². The summed E-state index contributed by atoms with van der Waals surface area (Å²) in [5, 5.41) is 1.14. The van der Waals surface area contributed by atoms with Crippen molar-refractivity contribution < 1.29 is 9.53 Å². The van der Waals surface area contributed by atoms with E-state index in [4.69, 9.17) is 9.72 Å². The highest BCUT2D eigenvalue weighted by atomic mass is 32.1. The molecule has 1 amide bonds. The first kappa shape index (κ1) is 18.0. The quantitative estimate of drug-likeness (QED) is 0.647. The van der Waals surface area contributed by atoms with Gasteiger partial charge in [-0.3, -0.25) is 4.79 Å². The van der Waals surface area contributed by atoms with Gasteiger partial charge < -0.3 is 9.64 Å². The van der Waals surface area contributed by atoms with Crippen LogP contribution in [-0.4, -0.2) is 35.5 Å². The number of fused-ring (bicyclic) bond motifs is 1. The van der Waals surface area contributed by atoms with Gasteiger partial charge >= 0.3 is 0 Å². The number of likely N-dealkylation sites (tertiary alicyclic amines) is 1. The Hall–Kier alpha value is -2.40. The third-order valence-electron chi connectivity index (χ3n) is 5.13. The van der Waals surface area contributed by atoms with Gasteiger partial charge in [0.15, 0.2) is 6.61 Å². The molecule has 27 heavy (non-hydrogen) atoms. The minimum absolute atomic E-state index is 0.0559. The van der Waals surface area contributed by atoms with Gasteiger partial charge in [-0.25, -0.2) is 4.98 Å². The summed E-state index contributed by atoms with van der Waals surface area (Å²) in [6.07, 6.45) is 3.10. The number of thiazole rings is 1. The Kier molecular flexibility index (Phi) is 5.39. The topological polar surface area (TPSA) is 42.4 Å². The molecule has 1 aromatic heterocycles. The minimum atomic E-state index is 0.0559. The summed E-state index contributed by atoms with van der Waals surface area (Å²) in [6, 6.07) is 16.2. The SMILES string of the molecule is CCc1ccc(OCC(=O)N2CCCC(c3nc4ccccc4s3)C2)cc1. The molecule has 0 aliphatic carbocycles. The number of amides is 1. The Balaban J connectivity index is 1.37. The smallest absolute Gasteiger partial charge is 0.260 e. The molecule has 0 saturated carbocycles. The predicted octanol–water partition coefficient (Wildman–Crippen LogP) is 4.64. The summed E-state index contributed by atoms with van der Waals surface area (Å²) in [5.74, 6) is 1.13. The zero-order valence-electron chi connectivity index (χ0n) is 15.6. The standard InChI is InChI=1S/C22H24N2O2S/c1-2-16-9-11-18(12-10-16)26-15-21(25)24-13-5-6-17(14-24)22-23-19-7-3-4-8-20(19)27-22/h3-4,7-12,17H,2,5-6,13-15H2,1H3. The van der Waals surface area contributed by atoms with Crippen molar-refractivity contribution in [2.24, 2.45) is 0 Å². The summed E-state index contributed by atoms with van der Waals surface area (Å²) < 4.78 is 6.92. The zero-order valence-corrected chi connectivity index (χ0v) is 16.4. The average molecular weight is 381 g/mol. The molecule has 5 heteroatoms. The number of nitrogens with zero attached hydrogens (tertiary/aromatic N) is 2. The van der Waals surface area contributed by atoms with E-state index < -0.39 is 0 Å². The first-order valence-corrected chi connectivity index (χ1v) is 10.4. The lowest BCUT2D eigenvalue weighted by Gasteiger charge is -2.31. The molecule has 0 spiro atoms. The molecule has 4 rings (SSSR count). The van der Waals surface area contributed by atoms with E-state index in [0.29, 0.717) is 5.92 Å². The highest BCUT2D eigenvalue weighted by Crippen LogP contribution is 2.33. The van der Waals surface area contributed by atoms with Crippen molar-refractivity contribution in [3.8, 4) is 5.75 Å². The van der Waals surface area contributed by atoms with Gasteiger partial charge in [-0.15, -0.1) is 11.3 Å². The molecule has 1 aliphatic heterocycles. The Labute approximate surface area is 163 Å². The van der Waals surface area contributed by atoms with E-state index in [1.807, 2.05) is 41.3 Å². The van der Waals surface area contributed by atoms with Gasteiger partial charge in [-0.1, -0.05) is 31.2 Å². The lowest BCUT2D eigenvalue weighted by molar-refractivity contribution is -0.134. The van der Waals surface area contributed by atoms with E-state index in [9.17, 15) is 4.79 Å². The lowest BCUT2D eigenvalue weighted by atomic mass is 9.99. The molecule has 1 atom stereocenters. The number of hydrogen-bond donors (Lipinski definition) is 0. The van der Waals surface area contributed by atoms with Gasteiger partial charge in [0.05, 0.1) is 15.2 Å². The zero-order chi connectivity index (χ0) is 18.6. The van der Waals surface area contributed by atoms with Crippen molar-refractivity contribution in [1.82, 2.24) is 9.88 Å². The Morgan fingerprint density at radius 3 is 2.81 bits per heavy atom. The molecular formula is C22H24N2O2S. The number of carbonyl (C=O) groups excluding carboxylic acids is 1. The van der Waals surface area contributed by atoms with Gasteiger partial charge in [0.1, 0.15) is 5.75 Å². The molecule has 0 bridgehead atoms. The number of aryl methyl sites for hydroxylation is 1. The van der Waals surface area contributed by atoms with Crippen molar-refractivity contribution in [3.63, 3.8) is 0 Å². The minimum Gasteiger partial charge on any atom is -0.484 e. The fraction of sp³-hybridized carbons (Fsp3) is 0.364. The maximum atomic E-state index is 12.6. The second kappa shape index (κ2) is 8.09. The largest absolute Gasteiger partial charge is 0.484 e. The molecular weight excluding hydrogens is 356 g/mol. The van der Waals surface area contributed by atoms with E-state index in [1.54, 1.807) is 11.3 Å². The van der Waals surface area contributed by atoms with Crippen LogP contribution in [0.15, 0.2) is 48.5 Å². The third-order valence-corrected chi connectivity index (χ3v) is 6.33. The number of rotatable bonds is 5. The second-order valence-electron chi connectivity index (χ2n) is 6.98. The maximum Gasteiger partial charge on any atom is 0.260 e. The molecule has 0 radical (unpaired) electrons. The second-order valence-corrected chi connectivity index (χ2v) is 8.05. The van der Waals surface area contributed by atoms with Crippen LogP contribution in [0, 0.1) is 0 Å². The third kappa shape index (κ3) is 4.14. The van der Waals surface area contributed by atoms with Crippen molar-refractivity contribution in [2.75, 3.05) is 19.7 Å². The van der Waals surface area contributed by atoms with Crippen LogP contribution in [-0.2, 0) is 11.2 Å². The fourth-order valence-electron chi connectivity index (χ4n) is 3.53. The summed E-state index contributed by atoms with van der Waals surface area (Å²) in [6.45, 7) is 3.75. The number of benzene rings is 2. The average Bonchev–Trinajstić information content (AvgIpc) is 3.17. The molecule has 2 aromatic carbocycles. The van der Waals surface area contributed by atoms with Crippen LogP contribution in [0.1, 0.15) is 36.3 Å². The molecule has 0 N–H and O–H groups in total. The number of hydrogen-bond acceptors (Lipinski definition) is 4. The summed E-state index contributed by atoms with van der Waals surface area (Å²) in [7, 11) is 0. The van der Waals surface area contributed by atoms with Crippen molar-refractivity contribution in [2.45, 2.75) is 32.1 Å². The van der Waals surface area contributed by atoms with Gasteiger partial charge in [0.25, 0.3) is 5.91 Å². The monoisotopic (exact) mass is 380 g/mol. The van der Waals surface area contributed by atoms with Gasteiger partial charge in [-0.05, 0) is 49.1 Å². The first-order valence-electron chi connectivity index (χ1n) is 9.58. The number of para-hydroxylation sites is 1. The van der Waals surface area contributed by atoms with E-state index >= 15 is 0 Å². The van der Waals surface area contributed by atoms with Crippen LogP contribution in [0.3, 0.4) is 0 Å². The summed E-state index contributed by atoms with van der Waals surface area (Å²) >= 11 is 1.75. The first-order chi connectivity index (χ1) is 13.2. The molecule has 1 fully saturated rings. The maximum absolute atomic E-state index is 12.6. The molecule has 1 aliphatic rings. The Morgan fingerprint density at radius 2 is 2.04 bits per heavy atom. The van der Waals surface area contributed by atoms with Gasteiger partial charge in [-0.2, -0.15) is 0 Å². The number of ether oxygens (including phenoxy) is 1. The normalized spacial score (nSPS) is 17.2. The summed E-state index contributed by atoms with van der Waals surface area (Å²) in [4.78, 5) is 19.3. The van der Waals surface area contributed by atoms with Crippen LogP contribution < -0.4 is 4.74 Å². The Bertz CT molecular complexity index is 886. The van der Waals surface area contributed by atoms with Crippen LogP contribution in [0.2, 0.25) is 0 Å². The van der Waals surface area contributed by atoms with Crippen LogP contribution in [0.4, 0.5) is 0 Å². The fourth-order valence-corrected chi connectivity index (χ4v) is 4.62. The number of piperidine rings is 1. The van der Waals surface area contributed by atoms with Gasteiger partial charge in [0, 0.05) is 19.0 Å². The van der Waals surface area contributed by atoms with Crippen LogP contribution in [0.25, 0.3) is 10.2 Å². The van der Waals surface area contributed by atoms with E-state index in [2.05, 4.69) is 19.1 Å². The van der Waals surface area contributed by atoms with Crippen molar-refractivity contribution in [1.29, 1.82) is 0 Å². The molecule has 2 heterocycles.